The van der Waals surface area contributed by atoms with Gasteiger partial charge in [-0.3, -0.25) is 0 Å². The molecule has 0 bridgehead atoms. The molecule has 3 heteroatoms. The quantitative estimate of drug-likeness (QED) is 0.681. The van der Waals surface area contributed by atoms with Gasteiger partial charge in [-0.1, -0.05) is 43.5 Å². The summed E-state index contributed by atoms with van der Waals surface area (Å²) in [6, 6.07) is 6.21. The molecule has 0 heterocycles. The fourth-order valence-corrected chi connectivity index (χ4v) is 3.20. The van der Waals surface area contributed by atoms with E-state index in [4.69, 9.17) is 23.2 Å². The van der Waals surface area contributed by atoms with Gasteiger partial charge in [0.15, 0.2) is 0 Å². The van der Waals surface area contributed by atoms with Crippen LogP contribution in [0.3, 0.4) is 0 Å². The van der Waals surface area contributed by atoms with Gasteiger partial charge in [-0.05, 0) is 49.3 Å². The van der Waals surface area contributed by atoms with Gasteiger partial charge < -0.3 is 5.32 Å². The SMILES string of the molecule is CC1(C)CCCC(Nc2cc(Cl)cc(Cl)c2)CC1. The van der Waals surface area contributed by atoms with Gasteiger partial charge in [0.1, 0.15) is 0 Å². The standard InChI is InChI=1S/C15H21Cl2N/c1-15(2)6-3-4-13(5-7-15)18-14-9-11(16)8-12(17)10-14/h8-10,13,18H,3-7H2,1-2H3. The monoisotopic (exact) mass is 285 g/mol. The second-order valence-corrected chi connectivity index (χ2v) is 6.97. The highest BCUT2D eigenvalue weighted by Crippen LogP contribution is 2.35. The maximum atomic E-state index is 6.02. The third-order valence-electron chi connectivity index (χ3n) is 3.81. The predicted molar refractivity (Wildman–Crippen MR) is 80.7 cm³/mol. The second-order valence-electron chi connectivity index (χ2n) is 6.09. The third kappa shape index (κ3) is 4.07. The molecule has 0 spiro atoms. The number of hydrogen-bond donors (Lipinski definition) is 1. The van der Waals surface area contributed by atoms with Gasteiger partial charge in [0.2, 0.25) is 0 Å². The summed E-state index contributed by atoms with van der Waals surface area (Å²) in [6.07, 6.45) is 6.34. The zero-order valence-corrected chi connectivity index (χ0v) is 12.6. The van der Waals surface area contributed by atoms with Crippen LogP contribution in [0.4, 0.5) is 5.69 Å². The highest BCUT2D eigenvalue weighted by atomic mass is 35.5. The molecule has 100 valence electrons. The lowest BCUT2D eigenvalue weighted by Crippen LogP contribution is -2.19. The summed E-state index contributed by atoms with van der Waals surface area (Å²) in [7, 11) is 0. The first-order valence-electron chi connectivity index (χ1n) is 6.67. The van der Waals surface area contributed by atoms with Crippen molar-refractivity contribution in [2.45, 2.75) is 52.0 Å². The average Bonchev–Trinajstić information content (AvgIpc) is 2.39. The Hall–Kier alpha value is -0.400. The van der Waals surface area contributed by atoms with Gasteiger partial charge in [-0.2, -0.15) is 0 Å². The van der Waals surface area contributed by atoms with Gasteiger partial charge in [-0.25, -0.2) is 0 Å². The van der Waals surface area contributed by atoms with Crippen LogP contribution in [0.1, 0.15) is 46.0 Å². The van der Waals surface area contributed by atoms with Crippen LogP contribution in [0.25, 0.3) is 0 Å². The minimum Gasteiger partial charge on any atom is -0.382 e. The molecule has 1 atom stereocenters. The molecule has 0 aromatic heterocycles. The van der Waals surface area contributed by atoms with E-state index in [-0.39, 0.29) is 0 Å². The topological polar surface area (TPSA) is 12.0 Å². The molecule has 0 saturated heterocycles. The van der Waals surface area contributed by atoms with Gasteiger partial charge in [-0.15, -0.1) is 0 Å². The van der Waals surface area contributed by atoms with Crippen molar-refractivity contribution in [3.05, 3.63) is 28.2 Å². The Balaban J connectivity index is 2.00. The second kappa shape index (κ2) is 5.71. The number of rotatable bonds is 2. The predicted octanol–water partition coefficient (Wildman–Crippen LogP) is 5.76. The van der Waals surface area contributed by atoms with E-state index in [0.717, 1.165) is 5.69 Å². The highest BCUT2D eigenvalue weighted by molar-refractivity contribution is 6.35. The number of anilines is 1. The molecule has 0 amide bonds. The molecular formula is C15H21Cl2N. The van der Waals surface area contributed by atoms with Crippen molar-refractivity contribution in [3.63, 3.8) is 0 Å². The van der Waals surface area contributed by atoms with Crippen LogP contribution in [-0.4, -0.2) is 6.04 Å². The van der Waals surface area contributed by atoms with E-state index in [1.165, 1.54) is 32.1 Å². The minimum absolute atomic E-state index is 0.488. The Bertz CT molecular complexity index is 395. The molecule has 1 aliphatic carbocycles. The normalized spacial score (nSPS) is 23.4. The number of hydrogen-bond acceptors (Lipinski definition) is 1. The van der Waals surface area contributed by atoms with Crippen molar-refractivity contribution >= 4 is 28.9 Å². The summed E-state index contributed by atoms with van der Waals surface area (Å²) in [4.78, 5) is 0. The first-order chi connectivity index (χ1) is 8.44. The zero-order valence-electron chi connectivity index (χ0n) is 11.1. The van der Waals surface area contributed by atoms with Gasteiger partial charge in [0, 0.05) is 21.8 Å². The molecule has 0 aliphatic heterocycles. The van der Waals surface area contributed by atoms with Gasteiger partial charge in [0.05, 0.1) is 0 Å². The molecule has 1 unspecified atom stereocenters. The molecule has 0 radical (unpaired) electrons. The molecule has 1 aromatic rings. The fraction of sp³-hybridized carbons (Fsp3) is 0.600. The largest absolute Gasteiger partial charge is 0.382 e. The summed E-state index contributed by atoms with van der Waals surface area (Å²) in [6.45, 7) is 4.73. The van der Waals surface area contributed by atoms with Crippen molar-refractivity contribution in [3.8, 4) is 0 Å². The smallest absolute Gasteiger partial charge is 0.0441 e. The van der Waals surface area contributed by atoms with Crippen LogP contribution in [0.2, 0.25) is 10.0 Å². The van der Waals surface area contributed by atoms with E-state index in [1.54, 1.807) is 6.07 Å². The van der Waals surface area contributed by atoms with Gasteiger partial charge in [0.25, 0.3) is 0 Å². The van der Waals surface area contributed by atoms with Crippen LogP contribution in [0, 0.1) is 5.41 Å². The van der Waals surface area contributed by atoms with E-state index < -0.39 is 0 Å². The fourth-order valence-electron chi connectivity index (χ4n) is 2.68. The lowest BCUT2D eigenvalue weighted by atomic mass is 9.85. The Labute approximate surface area is 120 Å². The third-order valence-corrected chi connectivity index (χ3v) is 4.25. The van der Waals surface area contributed by atoms with E-state index in [0.29, 0.717) is 21.5 Å². The van der Waals surface area contributed by atoms with Crippen LogP contribution in [0.5, 0.6) is 0 Å². The Kier molecular flexibility index (Phi) is 4.45. The molecule has 1 fully saturated rings. The molecule has 1 saturated carbocycles. The number of benzene rings is 1. The first-order valence-corrected chi connectivity index (χ1v) is 7.43. The molecule has 1 nitrogen and oxygen atoms in total. The highest BCUT2D eigenvalue weighted by Gasteiger charge is 2.24. The summed E-state index contributed by atoms with van der Waals surface area (Å²) in [5, 5.41) is 4.96. The number of nitrogens with one attached hydrogen (secondary N) is 1. The maximum absolute atomic E-state index is 6.02. The summed E-state index contributed by atoms with van der Waals surface area (Å²) in [5.74, 6) is 0. The minimum atomic E-state index is 0.488. The molecule has 1 N–H and O–H groups in total. The Morgan fingerprint density at radius 3 is 2.39 bits per heavy atom. The van der Waals surface area contributed by atoms with Crippen molar-refractivity contribution in [2.24, 2.45) is 5.41 Å². The van der Waals surface area contributed by atoms with Crippen LogP contribution < -0.4 is 5.32 Å². The lowest BCUT2D eigenvalue weighted by Gasteiger charge is -2.22. The average molecular weight is 286 g/mol. The molecule has 1 aliphatic rings. The maximum Gasteiger partial charge on any atom is 0.0441 e. The van der Waals surface area contributed by atoms with E-state index in [9.17, 15) is 0 Å². The summed E-state index contributed by atoms with van der Waals surface area (Å²) < 4.78 is 0. The Morgan fingerprint density at radius 1 is 1.06 bits per heavy atom. The number of halogens is 2. The van der Waals surface area contributed by atoms with Crippen LogP contribution >= 0.6 is 23.2 Å². The van der Waals surface area contributed by atoms with Crippen molar-refractivity contribution < 1.29 is 0 Å². The van der Waals surface area contributed by atoms with E-state index >= 15 is 0 Å². The molecule has 18 heavy (non-hydrogen) atoms. The first kappa shape index (κ1) is 14.0. The van der Waals surface area contributed by atoms with Crippen molar-refractivity contribution in [2.75, 3.05) is 5.32 Å². The molecule has 1 aromatic carbocycles. The Morgan fingerprint density at radius 2 is 1.72 bits per heavy atom. The summed E-state index contributed by atoms with van der Waals surface area (Å²) in [5.41, 5.74) is 1.53. The lowest BCUT2D eigenvalue weighted by molar-refractivity contribution is 0.313. The van der Waals surface area contributed by atoms with Gasteiger partial charge >= 0.3 is 0 Å². The van der Waals surface area contributed by atoms with Crippen LogP contribution in [-0.2, 0) is 0 Å². The van der Waals surface area contributed by atoms with E-state index in [2.05, 4.69) is 19.2 Å². The molecule has 2 rings (SSSR count). The zero-order chi connectivity index (χ0) is 13.2. The van der Waals surface area contributed by atoms with Crippen LogP contribution in [0.15, 0.2) is 18.2 Å². The summed E-state index contributed by atoms with van der Waals surface area (Å²) >= 11 is 12.0. The van der Waals surface area contributed by atoms with Crippen molar-refractivity contribution in [1.29, 1.82) is 0 Å². The molecular weight excluding hydrogens is 265 g/mol. The van der Waals surface area contributed by atoms with E-state index in [1.807, 2.05) is 12.1 Å². The van der Waals surface area contributed by atoms with Crippen molar-refractivity contribution in [1.82, 2.24) is 0 Å².